The highest BCUT2D eigenvalue weighted by atomic mass is 35.5. The number of nitrogens with one attached hydrogen (secondary N) is 2. The fraction of sp³-hybridized carbons (Fsp3) is 0.185. The van der Waals surface area contributed by atoms with Gasteiger partial charge in [0, 0.05) is 55.4 Å². The Bertz CT molecular complexity index is 1430. The fourth-order valence-corrected chi connectivity index (χ4v) is 4.60. The third kappa shape index (κ3) is 5.46. The molecule has 10 heteroatoms. The minimum atomic E-state index is -0.181. The van der Waals surface area contributed by atoms with Crippen LogP contribution in [0, 0.1) is 0 Å². The number of rotatable bonds is 4. The summed E-state index contributed by atoms with van der Waals surface area (Å²) in [5.41, 5.74) is 4.63. The summed E-state index contributed by atoms with van der Waals surface area (Å²) < 4.78 is 6.06. The number of allylic oxidation sites excluding steroid dienone is 1. The number of aromatic nitrogens is 2. The number of ketones is 1. The van der Waals surface area contributed by atoms with Crippen LogP contribution in [0.2, 0.25) is 0 Å². The maximum absolute atomic E-state index is 13.1. The number of ether oxygens (including phenoxy) is 1. The quantitative estimate of drug-likeness (QED) is 0.296. The number of phenolic OH excluding ortho intramolecular Hbond substituents is 1. The van der Waals surface area contributed by atoms with Crippen molar-refractivity contribution in [2.45, 2.75) is 6.54 Å². The molecule has 0 saturated carbocycles. The molecule has 0 bridgehead atoms. The molecule has 4 heterocycles. The number of benzene rings is 2. The second-order valence-electron chi connectivity index (χ2n) is 8.61. The second kappa shape index (κ2) is 12.0. The summed E-state index contributed by atoms with van der Waals surface area (Å²) in [4.78, 5) is 23.3. The standard InChI is InChI=1S/C27H24N4O3.3ClH/c32-23-9-7-20-25(33)24(34-26(20)21(23)16-31-12-10-28-11-13-31)14-18-15-29-27-19(18)6-8-22(30-27)17-4-2-1-3-5-17;;;/h1-9,14-15,28,32H,10-13,16H2,(H,29,30);3*1H. The van der Waals surface area contributed by atoms with Gasteiger partial charge < -0.3 is 20.1 Å². The van der Waals surface area contributed by atoms with Gasteiger partial charge >= 0.3 is 0 Å². The first-order valence-corrected chi connectivity index (χ1v) is 11.4. The van der Waals surface area contributed by atoms with Gasteiger partial charge in [0.2, 0.25) is 5.78 Å². The number of phenols is 1. The minimum absolute atomic E-state index is 0. The van der Waals surface area contributed by atoms with Crippen molar-refractivity contribution < 1.29 is 14.6 Å². The largest absolute Gasteiger partial charge is 0.507 e. The Morgan fingerprint density at radius 2 is 1.76 bits per heavy atom. The molecule has 0 spiro atoms. The zero-order valence-electron chi connectivity index (χ0n) is 19.8. The Hall–Kier alpha value is -3.07. The van der Waals surface area contributed by atoms with E-state index in [4.69, 9.17) is 9.72 Å². The summed E-state index contributed by atoms with van der Waals surface area (Å²) in [6.45, 7) is 4.11. The van der Waals surface area contributed by atoms with Crippen LogP contribution < -0.4 is 10.1 Å². The van der Waals surface area contributed by atoms with Crippen LogP contribution in [0.4, 0.5) is 0 Å². The van der Waals surface area contributed by atoms with Gasteiger partial charge in [-0.25, -0.2) is 4.98 Å². The Morgan fingerprint density at radius 1 is 1.00 bits per heavy atom. The molecule has 6 rings (SSSR count). The molecule has 0 amide bonds. The SMILES string of the molecule is Cl.Cl.Cl.O=C1C(=Cc2c[nH]c3nc(-c4ccccc4)ccc23)Oc2c1ccc(O)c2CN1CCNCC1. The molecule has 37 heavy (non-hydrogen) atoms. The van der Waals surface area contributed by atoms with Crippen LogP contribution in [0.1, 0.15) is 21.5 Å². The third-order valence-corrected chi connectivity index (χ3v) is 6.43. The van der Waals surface area contributed by atoms with Crippen molar-refractivity contribution in [2.24, 2.45) is 0 Å². The number of carbonyl (C=O) groups is 1. The molecule has 194 valence electrons. The summed E-state index contributed by atoms with van der Waals surface area (Å²) in [5, 5.41) is 14.8. The predicted molar refractivity (Wildman–Crippen MR) is 152 cm³/mol. The van der Waals surface area contributed by atoms with Crippen molar-refractivity contribution in [1.82, 2.24) is 20.2 Å². The number of aromatic amines is 1. The third-order valence-electron chi connectivity index (χ3n) is 6.43. The van der Waals surface area contributed by atoms with Crippen molar-refractivity contribution in [1.29, 1.82) is 0 Å². The van der Waals surface area contributed by atoms with Crippen molar-refractivity contribution in [3.63, 3.8) is 0 Å². The van der Waals surface area contributed by atoms with Gasteiger partial charge in [0.1, 0.15) is 17.1 Å². The molecular weight excluding hydrogens is 535 g/mol. The fourth-order valence-electron chi connectivity index (χ4n) is 4.60. The van der Waals surface area contributed by atoms with E-state index in [2.05, 4.69) is 15.2 Å². The van der Waals surface area contributed by atoms with Gasteiger partial charge in [0.15, 0.2) is 5.76 Å². The summed E-state index contributed by atoms with van der Waals surface area (Å²) in [6, 6.07) is 17.2. The number of piperazine rings is 1. The van der Waals surface area contributed by atoms with E-state index in [9.17, 15) is 9.90 Å². The van der Waals surface area contributed by atoms with Crippen LogP contribution in [-0.4, -0.2) is 51.9 Å². The minimum Gasteiger partial charge on any atom is -0.507 e. The van der Waals surface area contributed by atoms with Crippen LogP contribution in [0.5, 0.6) is 11.5 Å². The van der Waals surface area contributed by atoms with Crippen LogP contribution >= 0.6 is 37.2 Å². The van der Waals surface area contributed by atoms with Crippen molar-refractivity contribution in [3.05, 3.63) is 83.2 Å². The number of aromatic hydroxyl groups is 1. The molecule has 0 atom stereocenters. The van der Waals surface area contributed by atoms with Gasteiger partial charge in [-0.1, -0.05) is 30.3 Å². The highest BCUT2D eigenvalue weighted by Crippen LogP contribution is 2.40. The Labute approximate surface area is 233 Å². The smallest absolute Gasteiger partial charge is 0.231 e. The lowest BCUT2D eigenvalue weighted by molar-refractivity contribution is 0.101. The average Bonchev–Trinajstić information content (AvgIpc) is 3.42. The maximum atomic E-state index is 13.1. The summed E-state index contributed by atoms with van der Waals surface area (Å²) in [6.07, 6.45) is 3.58. The van der Waals surface area contributed by atoms with Gasteiger partial charge in [-0.2, -0.15) is 0 Å². The molecule has 3 N–H and O–H groups in total. The molecule has 1 fully saturated rings. The topological polar surface area (TPSA) is 90.5 Å². The van der Waals surface area contributed by atoms with E-state index in [-0.39, 0.29) is 54.5 Å². The van der Waals surface area contributed by atoms with Gasteiger partial charge in [0.05, 0.1) is 16.8 Å². The van der Waals surface area contributed by atoms with E-state index in [0.29, 0.717) is 23.4 Å². The normalized spacial score (nSPS) is 15.9. The molecule has 4 aromatic rings. The molecule has 2 aliphatic rings. The van der Waals surface area contributed by atoms with Gasteiger partial charge in [0.25, 0.3) is 0 Å². The summed E-state index contributed by atoms with van der Waals surface area (Å²) in [5.74, 6) is 0.671. The molecule has 2 aromatic carbocycles. The van der Waals surface area contributed by atoms with Crippen LogP contribution in [0.15, 0.2) is 66.6 Å². The van der Waals surface area contributed by atoms with Gasteiger partial charge in [-0.05, 0) is 30.3 Å². The van der Waals surface area contributed by atoms with Crippen LogP contribution in [-0.2, 0) is 6.54 Å². The lowest BCUT2D eigenvalue weighted by Crippen LogP contribution is -2.42. The second-order valence-corrected chi connectivity index (χ2v) is 8.61. The highest BCUT2D eigenvalue weighted by molar-refractivity contribution is 6.15. The van der Waals surface area contributed by atoms with Crippen LogP contribution in [0.3, 0.4) is 0 Å². The number of fused-ring (bicyclic) bond motifs is 2. The summed E-state index contributed by atoms with van der Waals surface area (Å²) >= 11 is 0. The Kier molecular flexibility index (Phi) is 9.23. The zero-order valence-corrected chi connectivity index (χ0v) is 22.2. The number of hydrogen-bond donors (Lipinski definition) is 3. The number of pyridine rings is 1. The predicted octanol–water partition coefficient (Wildman–Crippen LogP) is 5.22. The molecular formula is C27H27Cl3N4O3. The summed E-state index contributed by atoms with van der Waals surface area (Å²) in [7, 11) is 0. The van der Waals surface area contributed by atoms with Crippen molar-refractivity contribution in [3.8, 4) is 22.8 Å². The lowest BCUT2D eigenvalue weighted by Gasteiger charge is -2.27. The van der Waals surface area contributed by atoms with E-state index >= 15 is 0 Å². The molecule has 2 aliphatic heterocycles. The number of nitrogens with zero attached hydrogens (tertiary/aromatic N) is 2. The van der Waals surface area contributed by atoms with E-state index in [0.717, 1.165) is 54.0 Å². The first-order chi connectivity index (χ1) is 16.7. The number of hydrogen-bond acceptors (Lipinski definition) is 6. The van der Waals surface area contributed by atoms with Crippen LogP contribution in [0.25, 0.3) is 28.4 Å². The zero-order chi connectivity index (χ0) is 23.1. The number of carbonyl (C=O) groups excluding carboxylic acids is 1. The number of Topliss-reactive ketones (excluding diaryl/α,β-unsaturated/α-hetero) is 1. The molecule has 0 radical (unpaired) electrons. The lowest BCUT2D eigenvalue weighted by atomic mass is 10.0. The van der Waals surface area contributed by atoms with Gasteiger partial charge in [-0.3, -0.25) is 9.69 Å². The Morgan fingerprint density at radius 3 is 2.51 bits per heavy atom. The molecule has 7 nitrogen and oxygen atoms in total. The van der Waals surface area contributed by atoms with Crippen molar-refractivity contribution >= 4 is 60.1 Å². The first kappa shape index (κ1) is 28.5. The molecule has 0 unspecified atom stereocenters. The Balaban J connectivity index is 0.00000127. The van der Waals surface area contributed by atoms with E-state index in [1.807, 2.05) is 48.7 Å². The monoisotopic (exact) mass is 560 g/mol. The molecule has 1 saturated heterocycles. The maximum Gasteiger partial charge on any atom is 0.231 e. The van der Waals surface area contributed by atoms with E-state index in [1.54, 1.807) is 18.2 Å². The number of halogens is 3. The highest BCUT2D eigenvalue weighted by Gasteiger charge is 2.32. The number of H-pyrrole nitrogens is 1. The van der Waals surface area contributed by atoms with Crippen molar-refractivity contribution in [2.75, 3.05) is 26.2 Å². The average molecular weight is 562 g/mol. The van der Waals surface area contributed by atoms with Gasteiger partial charge in [-0.15, -0.1) is 37.2 Å². The first-order valence-electron chi connectivity index (χ1n) is 11.4. The molecule has 0 aliphatic carbocycles. The van der Waals surface area contributed by atoms with E-state index < -0.39 is 0 Å². The van der Waals surface area contributed by atoms with E-state index in [1.165, 1.54) is 0 Å². The molecule has 2 aromatic heterocycles.